The summed E-state index contributed by atoms with van der Waals surface area (Å²) in [6.07, 6.45) is 3.52. The number of hydrogen-bond donors (Lipinski definition) is 0. The minimum atomic E-state index is -0.0442. The Bertz CT molecular complexity index is 1100. The highest BCUT2D eigenvalue weighted by Crippen LogP contribution is 2.23. The Morgan fingerprint density at radius 2 is 2.16 bits per heavy atom. The maximum absolute atomic E-state index is 12.7. The van der Waals surface area contributed by atoms with E-state index in [-0.39, 0.29) is 5.56 Å². The average Bonchev–Trinajstić information content (AvgIpc) is 2.94. The van der Waals surface area contributed by atoms with Crippen molar-refractivity contribution in [2.24, 2.45) is 4.99 Å². The molecule has 2 aromatic heterocycles. The van der Waals surface area contributed by atoms with Crippen LogP contribution < -0.4 is 19.8 Å². The molecule has 3 heterocycles. The second-order valence-electron chi connectivity index (χ2n) is 5.80. The normalized spacial score (nSPS) is 14.3. The molecule has 126 valence electrons. The quantitative estimate of drug-likeness (QED) is 0.694. The van der Waals surface area contributed by atoms with E-state index in [0.29, 0.717) is 22.9 Å². The van der Waals surface area contributed by atoms with Crippen molar-refractivity contribution in [3.8, 4) is 0 Å². The summed E-state index contributed by atoms with van der Waals surface area (Å²) >= 11 is 7.62. The number of aryl methyl sites for hydroxylation is 1. The van der Waals surface area contributed by atoms with Crippen LogP contribution in [0.4, 0.5) is 5.69 Å². The van der Waals surface area contributed by atoms with Gasteiger partial charge in [-0.2, -0.15) is 0 Å². The molecule has 0 amide bonds. The number of benzene rings is 1. The molecule has 0 bridgehead atoms. The molecular formula is C18H15ClN4OS. The third-order valence-electron chi connectivity index (χ3n) is 4.06. The molecule has 4 rings (SSSR count). The summed E-state index contributed by atoms with van der Waals surface area (Å²) in [6, 6.07) is 11.5. The van der Waals surface area contributed by atoms with Crippen LogP contribution in [-0.2, 0) is 6.67 Å². The topological polar surface area (TPSA) is 50.5 Å². The largest absolute Gasteiger partial charge is 0.334 e. The molecule has 25 heavy (non-hydrogen) atoms. The number of aromatic nitrogens is 2. The summed E-state index contributed by atoms with van der Waals surface area (Å²) < 4.78 is 2.33. The molecule has 0 atom stereocenters. The SMILES string of the molecule is Cc1ccc(N2CN=c3sc(=Cc4ccccn4)c(=O)n3C2)cc1Cl. The van der Waals surface area contributed by atoms with Crippen LogP contribution in [-0.4, -0.2) is 16.2 Å². The minimum Gasteiger partial charge on any atom is -0.334 e. The first-order chi connectivity index (χ1) is 12.1. The predicted octanol–water partition coefficient (Wildman–Crippen LogP) is 2.15. The van der Waals surface area contributed by atoms with E-state index in [1.54, 1.807) is 16.8 Å². The van der Waals surface area contributed by atoms with Crippen molar-refractivity contribution < 1.29 is 0 Å². The summed E-state index contributed by atoms with van der Waals surface area (Å²) in [5.74, 6) is 0. The van der Waals surface area contributed by atoms with Crippen LogP contribution >= 0.6 is 22.9 Å². The van der Waals surface area contributed by atoms with Gasteiger partial charge in [-0.25, -0.2) is 4.99 Å². The molecule has 1 aromatic carbocycles. The van der Waals surface area contributed by atoms with E-state index in [9.17, 15) is 4.79 Å². The molecular weight excluding hydrogens is 356 g/mol. The lowest BCUT2D eigenvalue weighted by Gasteiger charge is -2.26. The smallest absolute Gasteiger partial charge is 0.271 e. The Labute approximate surface area is 153 Å². The van der Waals surface area contributed by atoms with Gasteiger partial charge in [-0.1, -0.05) is 35.1 Å². The Hall–Kier alpha value is -2.44. The van der Waals surface area contributed by atoms with Crippen molar-refractivity contribution in [3.05, 3.63) is 78.6 Å². The van der Waals surface area contributed by atoms with Gasteiger partial charge >= 0.3 is 0 Å². The predicted molar refractivity (Wildman–Crippen MR) is 101 cm³/mol. The van der Waals surface area contributed by atoms with Gasteiger partial charge in [-0.3, -0.25) is 14.3 Å². The molecule has 0 unspecified atom stereocenters. The number of anilines is 1. The Balaban J connectivity index is 1.72. The first kappa shape index (κ1) is 16.1. The molecule has 0 radical (unpaired) electrons. The lowest BCUT2D eigenvalue weighted by atomic mass is 10.2. The van der Waals surface area contributed by atoms with E-state index in [2.05, 4.69) is 9.98 Å². The fourth-order valence-electron chi connectivity index (χ4n) is 2.65. The van der Waals surface area contributed by atoms with Gasteiger partial charge in [0.15, 0.2) is 4.80 Å². The molecule has 5 nitrogen and oxygen atoms in total. The van der Waals surface area contributed by atoms with Gasteiger partial charge in [0.2, 0.25) is 0 Å². The van der Waals surface area contributed by atoms with Crippen molar-refractivity contribution in [1.82, 2.24) is 9.55 Å². The van der Waals surface area contributed by atoms with Crippen LogP contribution in [0.25, 0.3) is 6.08 Å². The fraction of sp³-hybridized carbons (Fsp3) is 0.167. The Morgan fingerprint density at radius 1 is 1.28 bits per heavy atom. The second-order valence-corrected chi connectivity index (χ2v) is 7.21. The zero-order chi connectivity index (χ0) is 17.4. The van der Waals surface area contributed by atoms with Gasteiger partial charge in [0.25, 0.3) is 5.56 Å². The molecule has 1 aliphatic rings. The van der Waals surface area contributed by atoms with Crippen LogP contribution in [0.2, 0.25) is 5.02 Å². The zero-order valence-corrected chi connectivity index (χ0v) is 15.1. The summed E-state index contributed by atoms with van der Waals surface area (Å²) in [6.45, 7) is 2.93. The van der Waals surface area contributed by atoms with Crippen LogP contribution in [0.5, 0.6) is 0 Å². The first-order valence-electron chi connectivity index (χ1n) is 7.80. The minimum absolute atomic E-state index is 0.0442. The summed E-state index contributed by atoms with van der Waals surface area (Å²) in [4.78, 5) is 24.3. The van der Waals surface area contributed by atoms with Crippen LogP contribution in [0.3, 0.4) is 0 Å². The van der Waals surface area contributed by atoms with E-state index >= 15 is 0 Å². The lowest BCUT2D eigenvalue weighted by Crippen LogP contribution is -2.42. The van der Waals surface area contributed by atoms with Crippen LogP contribution in [0.15, 0.2) is 52.4 Å². The molecule has 0 saturated heterocycles. The summed E-state index contributed by atoms with van der Waals surface area (Å²) in [7, 11) is 0. The number of rotatable bonds is 2. The van der Waals surface area contributed by atoms with E-state index in [1.807, 2.05) is 48.2 Å². The highest BCUT2D eigenvalue weighted by atomic mass is 35.5. The Kier molecular flexibility index (Phi) is 4.15. The third-order valence-corrected chi connectivity index (χ3v) is 5.52. The van der Waals surface area contributed by atoms with E-state index < -0.39 is 0 Å². The molecule has 0 N–H and O–H groups in total. The monoisotopic (exact) mass is 370 g/mol. The standard InChI is InChI=1S/C18H15ClN4OS/c1-12-5-6-14(9-15(12)19)22-10-21-18-23(11-22)17(24)16(25-18)8-13-4-2-3-7-20-13/h2-9H,10-11H2,1H3. The number of nitrogens with zero attached hydrogens (tertiary/aromatic N) is 4. The molecule has 3 aromatic rings. The number of hydrogen-bond acceptors (Lipinski definition) is 5. The summed E-state index contributed by atoms with van der Waals surface area (Å²) in [5.41, 5.74) is 2.71. The van der Waals surface area contributed by atoms with E-state index in [1.165, 1.54) is 11.3 Å². The highest BCUT2D eigenvalue weighted by Gasteiger charge is 2.16. The maximum Gasteiger partial charge on any atom is 0.271 e. The molecule has 0 fully saturated rings. The number of pyridine rings is 1. The number of halogens is 1. The first-order valence-corrected chi connectivity index (χ1v) is 8.99. The van der Waals surface area contributed by atoms with E-state index in [0.717, 1.165) is 21.7 Å². The van der Waals surface area contributed by atoms with Gasteiger partial charge in [0, 0.05) is 16.9 Å². The van der Waals surface area contributed by atoms with Gasteiger partial charge in [0.05, 0.1) is 10.2 Å². The lowest BCUT2D eigenvalue weighted by molar-refractivity contribution is 0.569. The third kappa shape index (κ3) is 3.10. The average molecular weight is 371 g/mol. The zero-order valence-electron chi connectivity index (χ0n) is 13.5. The van der Waals surface area contributed by atoms with Gasteiger partial charge in [-0.05, 0) is 42.8 Å². The molecule has 1 aliphatic heterocycles. The van der Waals surface area contributed by atoms with Crippen molar-refractivity contribution in [2.45, 2.75) is 13.6 Å². The molecule has 0 saturated carbocycles. The molecule has 0 spiro atoms. The number of thiazole rings is 1. The van der Waals surface area contributed by atoms with Crippen molar-refractivity contribution in [2.75, 3.05) is 11.6 Å². The van der Waals surface area contributed by atoms with Gasteiger partial charge in [0.1, 0.15) is 13.3 Å². The fourth-order valence-corrected chi connectivity index (χ4v) is 3.77. The van der Waals surface area contributed by atoms with Crippen molar-refractivity contribution in [3.63, 3.8) is 0 Å². The van der Waals surface area contributed by atoms with Crippen molar-refractivity contribution in [1.29, 1.82) is 0 Å². The number of fused-ring (bicyclic) bond motifs is 1. The Morgan fingerprint density at radius 3 is 2.92 bits per heavy atom. The van der Waals surface area contributed by atoms with Gasteiger partial charge in [-0.15, -0.1) is 0 Å². The summed E-state index contributed by atoms with van der Waals surface area (Å²) in [5, 5.41) is 0.713. The maximum atomic E-state index is 12.7. The second kappa shape index (κ2) is 6.46. The van der Waals surface area contributed by atoms with Gasteiger partial charge < -0.3 is 4.90 Å². The highest BCUT2D eigenvalue weighted by molar-refractivity contribution is 7.07. The van der Waals surface area contributed by atoms with Crippen LogP contribution in [0.1, 0.15) is 11.3 Å². The molecule has 7 heteroatoms. The van der Waals surface area contributed by atoms with Crippen LogP contribution in [0, 0.1) is 6.92 Å². The van der Waals surface area contributed by atoms with Crippen molar-refractivity contribution >= 4 is 34.7 Å². The van der Waals surface area contributed by atoms with E-state index in [4.69, 9.17) is 11.6 Å². The molecule has 0 aliphatic carbocycles.